The zero-order valence-corrected chi connectivity index (χ0v) is 15.8. The number of nitrogens with one attached hydrogen (secondary N) is 1. The van der Waals surface area contributed by atoms with Gasteiger partial charge in [-0.2, -0.15) is 13.2 Å². The Hall–Kier alpha value is -3.59. The molecule has 0 saturated carbocycles. The van der Waals surface area contributed by atoms with E-state index in [0.717, 1.165) is 28.9 Å². The Labute approximate surface area is 171 Å². The number of carboxylic acids is 1. The molecular formula is C21H12F3NO4S. The average Bonchev–Trinajstić information content (AvgIpc) is 3.31. The molecule has 2 heterocycles. The molecule has 0 aliphatic carbocycles. The summed E-state index contributed by atoms with van der Waals surface area (Å²) >= 11 is 0.850. The van der Waals surface area contributed by atoms with Gasteiger partial charge in [-0.15, -0.1) is 11.3 Å². The summed E-state index contributed by atoms with van der Waals surface area (Å²) in [7, 11) is 0. The second-order valence-corrected chi connectivity index (χ2v) is 7.39. The normalized spacial score (nSPS) is 11.6. The van der Waals surface area contributed by atoms with Crippen LogP contribution in [0, 0.1) is 0 Å². The fourth-order valence-electron chi connectivity index (χ4n) is 2.89. The molecule has 0 aliphatic rings. The number of para-hydroxylation sites is 1. The van der Waals surface area contributed by atoms with Gasteiger partial charge in [0.15, 0.2) is 5.76 Å². The minimum atomic E-state index is -4.47. The summed E-state index contributed by atoms with van der Waals surface area (Å²) in [5.41, 5.74) is 0.143. The molecular weight excluding hydrogens is 419 g/mol. The maximum absolute atomic E-state index is 12.7. The van der Waals surface area contributed by atoms with Gasteiger partial charge >= 0.3 is 12.1 Å². The van der Waals surface area contributed by atoms with Crippen molar-refractivity contribution in [2.45, 2.75) is 6.18 Å². The number of benzene rings is 2. The third kappa shape index (κ3) is 3.79. The summed E-state index contributed by atoms with van der Waals surface area (Å²) in [6.07, 6.45) is -4.47. The Kier molecular flexibility index (Phi) is 4.83. The van der Waals surface area contributed by atoms with E-state index in [9.17, 15) is 27.9 Å². The third-order valence-corrected chi connectivity index (χ3v) is 5.49. The van der Waals surface area contributed by atoms with Crippen LogP contribution in [0.4, 0.5) is 18.9 Å². The van der Waals surface area contributed by atoms with Gasteiger partial charge in [0.25, 0.3) is 5.91 Å². The summed E-state index contributed by atoms with van der Waals surface area (Å²) in [5, 5.41) is 12.7. The number of amides is 1. The minimum Gasteiger partial charge on any atom is -0.477 e. The number of furan rings is 1. The molecule has 5 nitrogen and oxygen atoms in total. The van der Waals surface area contributed by atoms with E-state index in [-0.39, 0.29) is 16.3 Å². The van der Waals surface area contributed by atoms with Gasteiger partial charge in [0, 0.05) is 10.3 Å². The first-order valence-corrected chi connectivity index (χ1v) is 9.39. The summed E-state index contributed by atoms with van der Waals surface area (Å²) in [4.78, 5) is 24.4. The molecule has 0 radical (unpaired) electrons. The molecule has 0 bridgehead atoms. The Morgan fingerprint density at radius 1 is 1.00 bits per heavy atom. The van der Waals surface area contributed by atoms with Crippen molar-refractivity contribution >= 4 is 39.9 Å². The van der Waals surface area contributed by atoms with E-state index < -0.39 is 23.6 Å². The van der Waals surface area contributed by atoms with E-state index in [1.807, 2.05) is 0 Å². The Bertz CT molecular complexity index is 1220. The van der Waals surface area contributed by atoms with E-state index in [1.165, 1.54) is 24.3 Å². The molecule has 0 unspecified atom stereocenters. The van der Waals surface area contributed by atoms with Crippen molar-refractivity contribution in [2.24, 2.45) is 0 Å². The van der Waals surface area contributed by atoms with Crippen molar-refractivity contribution < 1.29 is 32.3 Å². The smallest absolute Gasteiger partial charge is 0.416 e. The number of halogens is 3. The highest BCUT2D eigenvalue weighted by atomic mass is 32.1. The molecule has 0 aliphatic heterocycles. The number of thiophene rings is 1. The van der Waals surface area contributed by atoms with Crippen molar-refractivity contribution in [2.75, 3.05) is 5.32 Å². The number of carboxylic acid groups (broad SMARTS) is 1. The quantitative estimate of drug-likeness (QED) is 0.407. The number of anilines is 1. The van der Waals surface area contributed by atoms with Crippen LogP contribution < -0.4 is 5.32 Å². The maximum atomic E-state index is 12.7. The molecule has 4 aromatic rings. The monoisotopic (exact) mass is 431 g/mol. The summed E-state index contributed by atoms with van der Waals surface area (Å²) in [6.45, 7) is 0. The van der Waals surface area contributed by atoms with E-state index in [2.05, 4.69) is 5.32 Å². The van der Waals surface area contributed by atoms with Crippen LogP contribution in [0.2, 0.25) is 0 Å². The molecule has 0 spiro atoms. The molecule has 4 rings (SSSR count). The van der Waals surface area contributed by atoms with Gasteiger partial charge in [-0.1, -0.05) is 30.3 Å². The van der Waals surface area contributed by atoms with Gasteiger partial charge in [0.2, 0.25) is 0 Å². The zero-order chi connectivity index (χ0) is 21.5. The Morgan fingerprint density at radius 2 is 1.70 bits per heavy atom. The van der Waals surface area contributed by atoms with Crippen LogP contribution in [0.15, 0.2) is 65.1 Å². The summed E-state index contributed by atoms with van der Waals surface area (Å²) in [6, 6.07) is 14.3. The first-order valence-electron chi connectivity index (χ1n) is 8.57. The number of carbonyl (C=O) groups is 2. The van der Waals surface area contributed by atoms with Crippen molar-refractivity contribution in [1.82, 2.24) is 0 Å². The van der Waals surface area contributed by atoms with Crippen molar-refractivity contribution in [3.05, 3.63) is 76.9 Å². The molecule has 2 aromatic heterocycles. The number of carbonyl (C=O) groups excluding carboxylic acids is 1. The molecule has 1 amide bonds. The first kappa shape index (κ1) is 19.7. The van der Waals surface area contributed by atoms with Gasteiger partial charge < -0.3 is 14.8 Å². The lowest BCUT2D eigenvalue weighted by Gasteiger charge is -2.06. The molecule has 2 aromatic carbocycles. The van der Waals surface area contributed by atoms with Crippen LogP contribution in [0.25, 0.3) is 21.4 Å². The largest absolute Gasteiger partial charge is 0.477 e. The van der Waals surface area contributed by atoms with Crippen LogP contribution in [0.3, 0.4) is 0 Å². The first-order chi connectivity index (χ1) is 14.2. The highest BCUT2D eigenvalue weighted by Gasteiger charge is 2.30. The molecule has 30 heavy (non-hydrogen) atoms. The van der Waals surface area contributed by atoms with Crippen LogP contribution in [0.1, 0.15) is 25.8 Å². The van der Waals surface area contributed by atoms with Crippen LogP contribution in [-0.4, -0.2) is 17.0 Å². The minimum absolute atomic E-state index is 0.00909. The third-order valence-electron chi connectivity index (χ3n) is 4.32. The van der Waals surface area contributed by atoms with E-state index in [4.69, 9.17) is 4.42 Å². The second-order valence-electron chi connectivity index (χ2n) is 6.34. The Morgan fingerprint density at radius 3 is 2.33 bits per heavy atom. The molecule has 0 atom stereocenters. The van der Waals surface area contributed by atoms with Gasteiger partial charge in [-0.3, -0.25) is 4.79 Å². The fraction of sp³-hybridized carbons (Fsp3) is 0.0476. The lowest BCUT2D eigenvalue weighted by molar-refractivity contribution is -0.137. The van der Waals surface area contributed by atoms with Gasteiger partial charge in [-0.25, -0.2) is 4.79 Å². The highest BCUT2D eigenvalue weighted by Crippen LogP contribution is 2.37. The van der Waals surface area contributed by atoms with Crippen molar-refractivity contribution in [3.8, 4) is 10.4 Å². The maximum Gasteiger partial charge on any atom is 0.416 e. The highest BCUT2D eigenvalue weighted by molar-refractivity contribution is 7.18. The summed E-state index contributed by atoms with van der Waals surface area (Å²) < 4.78 is 43.7. The lowest BCUT2D eigenvalue weighted by atomic mass is 10.1. The number of rotatable bonds is 4. The molecule has 0 saturated heterocycles. The molecule has 0 fully saturated rings. The van der Waals surface area contributed by atoms with Crippen LogP contribution in [-0.2, 0) is 6.18 Å². The number of hydrogen-bond donors (Lipinski definition) is 2. The number of hydrogen-bond acceptors (Lipinski definition) is 4. The number of fused-ring (bicyclic) bond motifs is 1. The SMILES string of the molecule is O=C(Nc1cc(-c2ccc(C(F)(F)F)cc2)sc1C(=O)O)c1cc2ccccc2o1. The second kappa shape index (κ2) is 7.34. The van der Waals surface area contributed by atoms with Gasteiger partial charge in [-0.05, 0) is 35.9 Å². The predicted octanol–water partition coefficient (Wildman–Crippen LogP) is 6.13. The zero-order valence-electron chi connectivity index (χ0n) is 15.0. The predicted molar refractivity (Wildman–Crippen MR) is 106 cm³/mol. The lowest BCUT2D eigenvalue weighted by Crippen LogP contribution is -2.12. The number of alkyl halides is 3. The number of aromatic carboxylic acids is 1. The standard InChI is InChI=1S/C21H12F3NO4S/c22-21(23,24)13-7-5-11(6-8-13)17-10-14(18(30-17)20(27)28)25-19(26)16-9-12-3-1-2-4-15(12)29-16/h1-10H,(H,25,26)(H,27,28). The van der Waals surface area contributed by atoms with Gasteiger partial charge in [0.1, 0.15) is 10.5 Å². The van der Waals surface area contributed by atoms with E-state index >= 15 is 0 Å². The molecule has 152 valence electrons. The summed E-state index contributed by atoms with van der Waals surface area (Å²) in [5.74, 6) is -1.89. The fourth-order valence-corrected chi connectivity index (χ4v) is 3.84. The van der Waals surface area contributed by atoms with Crippen molar-refractivity contribution in [3.63, 3.8) is 0 Å². The molecule has 2 N–H and O–H groups in total. The van der Waals surface area contributed by atoms with E-state index in [1.54, 1.807) is 24.3 Å². The topological polar surface area (TPSA) is 79.5 Å². The van der Waals surface area contributed by atoms with Crippen molar-refractivity contribution in [1.29, 1.82) is 0 Å². The Balaban J connectivity index is 1.64. The van der Waals surface area contributed by atoms with Crippen LogP contribution in [0.5, 0.6) is 0 Å². The van der Waals surface area contributed by atoms with Crippen LogP contribution >= 0.6 is 11.3 Å². The van der Waals surface area contributed by atoms with Gasteiger partial charge in [0.05, 0.1) is 11.3 Å². The van der Waals surface area contributed by atoms with E-state index in [0.29, 0.717) is 16.0 Å². The molecule has 9 heteroatoms. The average molecular weight is 431 g/mol.